The number of rotatable bonds is 4. The van der Waals surface area contributed by atoms with Crippen LogP contribution in [-0.2, 0) is 14.4 Å². The fraction of sp³-hybridized carbons (Fsp3) is 0.167. The molecule has 156 valence electrons. The Morgan fingerprint density at radius 3 is 2.13 bits per heavy atom. The number of imide groups is 1. The average molecular weight is 479 g/mol. The predicted molar refractivity (Wildman–Crippen MR) is 120 cm³/mol. The Hall–Kier alpha value is -3.16. The SMILES string of the molecule is COc1ccc([C@H]2[C@@H]3C(=O)N(c4ccccc4)C(=O)[C@H]3ON2c2ccccc2)cc1Br. The number of hydrogen-bond donors (Lipinski definition) is 0. The first-order valence-corrected chi connectivity index (χ1v) is 10.7. The van der Waals surface area contributed by atoms with E-state index >= 15 is 0 Å². The molecule has 0 saturated carbocycles. The first-order valence-electron chi connectivity index (χ1n) is 9.87. The van der Waals surface area contributed by atoms with Gasteiger partial charge in [-0.05, 0) is 57.9 Å². The van der Waals surface area contributed by atoms with Crippen molar-refractivity contribution in [2.75, 3.05) is 17.1 Å². The minimum atomic E-state index is -0.890. The highest BCUT2D eigenvalue weighted by Gasteiger charge is 2.60. The van der Waals surface area contributed by atoms with Crippen molar-refractivity contribution in [1.82, 2.24) is 0 Å². The first kappa shape index (κ1) is 19.8. The maximum atomic E-state index is 13.5. The zero-order valence-electron chi connectivity index (χ0n) is 16.6. The van der Waals surface area contributed by atoms with Crippen molar-refractivity contribution >= 4 is 39.1 Å². The predicted octanol–water partition coefficient (Wildman–Crippen LogP) is 4.51. The van der Waals surface area contributed by atoms with Crippen LogP contribution < -0.4 is 14.7 Å². The van der Waals surface area contributed by atoms with Crippen molar-refractivity contribution in [2.24, 2.45) is 5.92 Å². The molecule has 5 rings (SSSR count). The minimum Gasteiger partial charge on any atom is -0.496 e. The Balaban J connectivity index is 1.60. The van der Waals surface area contributed by atoms with Gasteiger partial charge in [0.15, 0.2) is 6.10 Å². The third-order valence-electron chi connectivity index (χ3n) is 5.66. The van der Waals surface area contributed by atoms with Gasteiger partial charge in [0.2, 0.25) is 5.91 Å². The molecule has 3 atom stereocenters. The van der Waals surface area contributed by atoms with Gasteiger partial charge in [0.05, 0.1) is 29.0 Å². The third kappa shape index (κ3) is 3.21. The van der Waals surface area contributed by atoms with Crippen LogP contribution in [0.5, 0.6) is 5.75 Å². The van der Waals surface area contributed by atoms with Gasteiger partial charge in [-0.15, -0.1) is 0 Å². The molecule has 0 spiro atoms. The van der Waals surface area contributed by atoms with Crippen LogP contribution in [0.25, 0.3) is 0 Å². The van der Waals surface area contributed by atoms with Crippen LogP contribution in [0.1, 0.15) is 11.6 Å². The van der Waals surface area contributed by atoms with Crippen LogP contribution in [0.2, 0.25) is 0 Å². The van der Waals surface area contributed by atoms with Crippen molar-refractivity contribution < 1.29 is 19.2 Å². The second-order valence-electron chi connectivity index (χ2n) is 7.40. The molecular weight excluding hydrogens is 460 g/mol. The van der Waals surface area contributed by atoms with Gasteiger partial charge in [0.25, 0.3) is 5.91 Å². The van der Waals surface area contributed by atoms with Gasteiger partial charge in [-0.3, -0.25) is 14.4 Å². The van der Waals surface area contributed by atoms with Crippen LogP contribution in [0.4, 0.5) is 11.4 Å². The number of methoxy groups -OCH3 is 1. The van der Waals surface area contributed by atoms with Gasteiger partial charge in [0.1, 0.15) is 11.7 Å². The normalized spacial score (nSPS) is 22.7. The Kier molecular flexibility index (Phi) is 5.00. The van der Waals surface area contributed by atoms with Gasteiger partial charge in [-0.1, -0.05) is 42.5 Å². The van der Waals surface area contributed by atoms with E-state index in [1.54, 1.807) is 36.4 Å². The third-order valence-corrected chi connectivity index (χ3v) is 6.28. The summed E-state index contributed by atoms with van der Waals surface area (Å²) in [7, 11) is 1.60. The number of carbonyl (C=O) groups is 2. The number of ether oxygens (including phenoxy) is 1. The highest BCUT2D eigenvalue weighted by Crippen LogP contribution is 2.48. The molecule has 3 aromatic carbocycles. The quantitative estimate of drug-likeness (QED) is 0.516. The molecule has 0 radical (unpaired) electrons. The molecule has 0 unspecified atom stereocenters. The molecule has 0 aliphatic carbocycles. The van der Waals surface area contributed by atoms with Gasteiger partial charge in [-0.2, -0.15) is 0 Å². The largest absolute Gasteiger partial charge is 0.496 e. The molecular formula is C24H19BrN2O4. The molecule has 0 N–H and O–H groups in total. The van der Waals surface area contributed by atoms with Gasteiger partial charge in [0, 0.05) is 0 Å². The summed E-state index contributed by atoms with van der Waals surface area (Å²) in [6.45, 7) is 0. The van der Waals surface area contributed by atoms with Gasteiger partial charge in [-0.25, -0.2) is 9.96 Å². The fourth-order valence-corrected chi connectivity index (χ4v) is 4.81. The summed E-state index contributed by atoms with van der Waals surface area (Å²) >= 11 is 3.53. The lowest BCUT2D eigenvalue weighted by atomic mass is 9.90. The molecule has 2 amide bonds. The Morgan fingerprint density at radius 1 is 0.871 bits per heavy atom. The number of halogens is 1. The molecule has 2 fully saturated rings. The molecule has 2 heterocycles. The molecule has 2 aliphatic rings. The van der Waals surface area contributed by atoms with E-state index in [0.717, 1.165) is 15.7 Å². The monoisotopic (exact) mass is 478 g/mol. The van der Waals surface area contributed by atoms with Gasteiger partial charge < -0.3 is 4.74 Å². The molecule has 3 aromatic rings. The van der Waals surface area contributed by atoms with Crippen LogP contribution in [0.3, 0.4) is 0 Å². The first-order chi connectivity index (χ1) is 15.1. The number of fused-ring (bicyclic) bond motifs is 1. The summed E-state index contributed by atoms with van der Waals surface area (Å²) in [4.78, 5) is 34.2. The van der Waals surface area contributed by atoms with E-state index in [9.17, 15) is 9.59 Å². The summed E-state index contributed by atoms with van der Waals surface area (Å²) < 4.78 is 6.12. The summed E-state index contributed by atoms with van der Waals surface area (Å²) in [5.74, 6) is -0.604. The van der Waals surface area contributed by atoms with E-state index in [1.165, 1.54) is 4.90 Å². The van der Waals surface area contributed by atoms with Crippen molar-refractivity contribution in [3.8, 4) is 5.75 Å². The lowest BCUT2D eigenvalue weighted by Crippen LogP contribution is -2.37. The molecule has 7 heteroatoms. The second kappa shape index (κ2) is 7.83. The molecule has 31 heavy (non-hydrogen) atoms. The van der Waals surface area contributed by atoms with Crippen molar-refractivity contribution in [3.05, 3.63) is 88.9 Å². The number of benzene rings is 3. The lowest BCUT2D eigenvalue weighted by molar-refractivity contribution is -0.126. The summed E-state index contributed by atoms with van der Waals surface area (Å²) in [6.07, 6.45) is -0.890. The number of anilines is 2. The Morgan fingerprint density at radius 2 is 1.52 bits per heavy atom. The van der Waals surface area contributed by atoms with E-state index in [0.29, 0.717) is 11.4 Å². The van der Waals surface area contributed by atoms with Crippen LogP contribution in [0.15, 0.2) is 83.3 Å². The van der Waals surface area contributed by atoms with Gasteiger partial charge >= 0.3 is 0 Å². The second-order valence-corrected chi connectivity index (χ2v) is 8.25. The molecule has 2 aliphatic heterocycles. The summed E-state index contributed by atoms with van der Waals surface area (Å²) in [5, 5.41) is 1.68. The van der Waals surface area contributed by atoms with Crippen molar-refractivity contribution in [2.45, 2.75) is 12.1 Å². The topological polar surface area (TPSA) is 59.1 Å². The maximum Gasteiger partial charge on any atom is 0.266 e. The van der Waals surface area contributed by atoms with E-state index in [4.69, 9.17) is 9.57 Å². The highest BCUT2D eigenvalue weighted by atomic mass is 79.9. The highest BCUT2D eigenvalue weighted by molar-refractivity contribution is 9.10. The van der Waals surface area contributed by atoms with Crippen molar-refractivity contribution in [1.29, 1.82) is 0 Å². The molecule has 2 saturated heterocycles. The average Bonchev–Trinajstić information content (AvgIpc) is 3.31. The van der Waals surface area contributed by atoms with E-state index in [2.05, 4.69) is 15.9 Å². The number of nitrogens with zero attached hydrogens (tertiary/aromatic N) is 2. The molecule has 6 nitrogen and oxygen atoms in total. The summed E-state index contributed by atoms with van der Waals surface area (Å²) in [6, 6.07) is 23.6. The standard InChI is InChI=1S/C24H19BrN2O4/c1-30-19-13-12-15(14-18(19)25)21-20-22(31-27(21)17-10-6-3-7-11-17)24(29)26(23(20)28)16-8-4-2-5-9-16/h2-14,20-22H,1H3/t20-,21-,22-/m0/s1. The van der Waals surface area contributed by atoms with Crippen LogP contribution >= 0.6 is 15.9 Å². The number of para-hydroxylation sites is 2. The molecule has 0 aromatic heterocycles. The Bertz CT molecular complexity index is 1140. The lowest BCUT2D eigenvalue weighted by Gasteiger charge is -2.29. The Labute approximate surface area is 188 Å². The zero-order chi connectivity index (χ0) is 21.5. The number of carbonyl (C=O) groups excluding carboxylic acids is 2. The summed E-state index contributed by atoms with van der Waals surface area (Å²) in [5.41, 5.74) is 2.18. The molecule has 0 bridgehead atoms. The van der Waals surface area contributed by atoms with Crippen molar-refractivity contribution in [3.63, 3.8) is 0 Å². The number of amides is 2. The maximum absolute atomic E-state index is 13.5. The van der Waals surface area contributed by atoms with E-state index < -0.39 is 18.1 Å². The minimum absolute atomic E-state index is 0.267. The smallest absolute Gasteiger partial charge is 0.266 e. The zero-order valence-corrected chi connectivity index (χ0v) is 18.2. The number of hydrogen-bond acceptors (Lipinski definition) is 5. The number of hydroxylamine groups is 1. The van der Waals surface area contributed by atoms with E-state index in [1.807, 2.05) is 54.6 Å². The van der Waals surface area contributed by atoms with Crippen LogP contribution in [0, 0.1) is 5.92 Å². The van der Waals surface area contributed by atoms with Crippen LogP contribution in [-0.4, -0.2) is 25.0 Å². The fourth-order valence-electron chi connectivity index (χ4n) is 4.25. The van der Waals surface area contributed by atoms with E-state index in [-0.39, 0.29) is 11.8 Å².